The Kier molecular flexibility index (Phi) is 5.38. The molecule has 0 saturated heterocycles. The summed E-state index contributed by atoms with van der Waals surface area (Å²) in [4.78, 5) is 12.5. The summed E-state index contributed by atoms with van der Waals surface area (Å²) in [5, 5.41) is 0. The maximum Gasteiger partial charge on any atom is 0.193 e. The predicted octanol–water partition coefficient (Wildman–Crippen LogP) is 4.11. The lowest BCUT2D eigenvalue weighted by Gasteiger charge is -2.08. The van der Waals surface area contributed by atoms with Crippen LogP contribution < -0.4 is 9.47 Å². The number of ether oxygens (including phenoxy) is 2. The van der Waals surface area contributed by atoms with Crippen molar-refractivity contribution in [3.05, 3.63) is 59.7 Å². The number of rotatable bonds is 7. The molecule has 2 rings (SSSR count). The van der Waals surface area contributed by atoms with Crippen LogP contribution in [0.5, 0.6) is 11.5 Å². The van der Waals surface area contributed by atoms with Crippen molar-refractivity contribution in [3.63, 3.8) is 0 Å². The third-order valence-corrected chi connectivity index (χ3v) is 2.98. The topological polar surface area (TPSA) is 35.5 Å². The van der Waals surface area contributed by atoms with E-state index in [2.05, 4.69) is 0 Å². The third kappa shape index (κ3) is 4.09. The van der Waals surface area contributed by atoms with Gasteiger partial charge in [0.05, 0.1) is 13.2 Å². The monoisotopic (exact) mass is 284 g/mol. The Labute approximate surface area is 125 Å². The van der Waals surface area contributed by atoms with Crippen LogP contribution in [0.4, 0.5) is 0 Å². The van der Waals surface area contributed by atoms with E-state index in [9.17, 15) is 4.79 Å². The van der Waals surface area contributed by atoms with Crippen molar-refractivity contribution in [2.75, 3.05) is 13.2 Å². The second-order valence-corrected chi connectivity index (χ2v) is 4.67. The first-order chi connectivity index (χ1) is 10.2. The molecule has 0 fully saturated rings. The van der Waals surface area contributed by atoms with Crippen molar-refractivity contribution in [2.45, 2.75) is 20.3 Å². The van der Waals surface area contributed by atoms with E-state index in [0.717, 1.165) is 12.2 Å². The minimum absolute atomic E-state index is 0.0292. The first-order valence-electron chi connectivity index (χ1n) is 7.25. The molecule has 0 aromatic heterocycles. The normalized spacial score (nSPS) is 10.2. The number of benzene rings is 2. The first-order valence-corrected chi connectivity index (χ1v) is 7.25. The zero-order valence-corrected chi connectivity index (χ0v) is 12.5. The average molecular weight is 284 g/mol. The van der Waals surface area contributed by atoms with E-state index in [0.29, 0.717) is 30.1 Å². The molecule has 0 N–H and O–H groups in total. The molecule has 0 heterocycles. The SMILES string of the molecule is CCCOc1cccc(C(=O)c2cccc(OCC)c2)c1. The van der Waals surface area contributed by atoms with E-state index < -0.39 is 0 Å². The van der Waals surface area contributed by atoms with E-state index in [1.54, 1.807) is 24.3 Å². The predicted molar refractivity (Wildman–Crippen MR) is 83.3 cm³/mol. The van der Waals surface area contributed by atoms with Gasteiger partial charge in [-0.25, -0.2) is 0 Å². The molecule has 0 radical (unpaired) electrons. The van der Waals surface area contributed by atoms with Gasteiger partial charge < -0.3 is 9.47 Å². The molecular formula is C18H20O3. The molecule has 0 bridgehead atoms. The van der Waals surface area contributed by atoms with Gasteiger partial charge in [-0.05, 0) is 37.6 Å². The molecule has 0 unspecified atom stereocenters. The highest BCUT2D eigenvalue weighted by Gasteiger charge is 2.10. The van der Waals surface area contributed by atoms with Crippen molar-refractivity contribution in [1.29, 1.82) is 0 Å². The number of ketones is 1. The van der Waals surface area contributed by atoms with Crippen LogP contribution in [-0.4, -0.2) is 19.0 Å². The maximum atomic E-state index is 12.5. The van der Waals surface area contributed by atoms with Gasteiger partial charge in [0.1, 0.15) is 11.5 Å². The summed E-state index contributed by atoms with van der Waals surface area (Å²) >= 11 is 0. The van der Waals surface area contributed by atoms with Gasteiger partial charge in [-0.1, -0.05) is 31.2 Å². The fourth-order valence-corrected chi connectivity index (χ4v) is 2.01. The highest BCUT2D eigenvalue weighted by Crippen LogP contribution is 2.20. The summed E-state index contributed by atoms with van der Waals surface area (Å²) in [6.07, 6.45) is 0.939. The van der Waals surface area contributed by atoms with Gasteiger partial charge in [-0.2, -0.15) is 0 Å². The fraction of sp³-hybridized carbons (Fsp3) is 0.278. The van der Waals surface area contributed by atoms with Gasteiger partial charge in [-0.3, -0.25) is 4.79 Å². The molecule has 0 saturated carbocycles. The van der Waals surface area contributed by atoms with Gasteiger partial charge in [0.25, 0.3) is 0 Å². The number of carbonyl (C=O) groups excluding carboxylic acids is 1. The lowest BCUT2D eigenvalue weighted by Crippen LogP contribution is -2.03. The Bertz CT molecular complexity index is 605. The van der Waals surface area contributed by atoms with Gasteiger partial charge in [0, 0.05) is 11.1 Å². The standard InChI is InChI=1S/C18H20O3/c1-3-11-21-17-10-6-8-15(13-17)18(19)14-7-5-9-16(12-14)20-4-2/h5-10,12-13H,3-4,11H2,1-2H3. The highest BCUT2D eigenvalue weighted by molar-refractivity contribution is 6.09. The van der Waals surface area contributed by atoms with Crippen molar-refractivity contribution in [2.24, 2.45) is 0 Å². The van der Waals surface area contributed by atoms with Crippen LogP contribution in [0, 0.1) is 0 Å². The van der Waals surface area contributed by atoms with Crippen LogP contribution in [0.1, 0.15) is 36.2 Å². The Hall–Kier alpha value is -2.29. The Morgan fingerprint density at radius 3 is 2.00 bits per heavy atom. The number of hydrogen-bond donors (Lipinski definition) is 0. The summed E-state index contributed by atoms with van der Waals surface area (Å²) in [6.45, 7) is 5.20. The van der Waals surface area contributed by atoms with E-state index in [1.807, 2.05) is 38.1 Å². The van der Waals surface area contributed by atoms with Crippen molar-refractivity contribution < 1.29 is 14.3 Å². The molecule has 0 aliphatic heterocycles. The second-order valence-electron chi connectivity index (χ2n) is 4.67. The molecule has 2 aromatic carbocycles. The van der Waals surface area contributed by atoms with E-state index in [1.165, 1.54) is 0 Å². The summed E-state index contributed by atoms with van der Waals surface area (Å²) in [6, 6.07) is 14.5. The van der Waals surface area contributed by atoms with E-state index in [4.69, 9.17) is 9.47 Å². The zero-order valence-electron chi connectivity index (χ0n) is 12.5. The summed E-state index contributed by atoms with van der Waals surface area (Å²) in [7, 11) is 0. The molecule has 110 valence electrons. The molecule has 0 aliphatic carbocycles. The molecule has 0 aliphatic rings. The van der Waals surface area contributed by atoms with Crippen LogP contribution in [0.3, 0.4) is 0 Å². The smallest absolute Gasteiger partial charge is 0.193 e. The molecule has 3 nitrogen and oxygen atoms in total. The summed E-state index contributed by atoms with van der Waals surface area (Å²) in [5.74, 6) is 1.41. The van der Waals surface area contributed by atoms with E-state index in [-0.39, 0.29) is 5.78 Å². The lowest BCUT2D eigenvalue weighted by molar-refractivity contribution is 0.103. The highest BCUT2D eigenvalue weighted by atomic mass is 16.5. The minimum atomic E-state index is -0.0292. The van der Waals surface area contributed by atoms with E-state index >= 15 is 0 Å². The molecule has 0 atom stereocenters. The number of carbonyl (C=O) groups is 1. The fourth-order valence-electron chi connectivity index (χ4n) is 2.01. The Balaban J connectivity index is 2.21. The zero-order chi connectivity index (χ0) is 15.1. The van der Waals surface area contributed by atoms with Crippen LogP contribution >= 0.6 is 0 Å². The van der Waals surface area contributed by atoms with Crippen LogP contribution in [0.2, 0.25) is 0 Å². The second kappa shape index (κ2) is 7.48. The molecule has 0 spiro atoms. The van der Waals surface area contributed by atoms with Gasteiger partial charge in [0.2, 0.25) is 0 Å². The average Bonchev–Trinajstić information content (AvgIpc) is 2.53. The quantitative estimate of drug-likeness (QED) is 0.718. The van der Waals surface area contributed by atoms with Crippen molar-refractivity contribution >= 4 is 5.78 Å². The molecule has 2 aromatic rings. The first kappa shape index (κ1) is 15.1. The maximum absolute atomic E-state index is 12.5. The summed E-state index contributed by atoms with van der Waals surface area (Å²) in [5.41, 5.74) is 1.24. The van der Waals surface area contributed by atoms with Crippen LogP contribution in [0.15, 0.2) is 48.5 Å². The molecule has 0 amide bonds. The largest absolute Gasteiger partial charge is 0.494 e. The molecular weight excluding hydrogens is 264 g/mol. The molecule has 3 heteroatoms. The van der Waals surface area contributed by atoms with Crippen molar-refractivity contribution in [1.82, 2.24) is 0 Å². The Morgan fingerprint density at radius 2 is 1.48 bits per heavy atom. The van der Waals surface area contributed by atoms with Gasteiger partial charge >= 0.3 is 0 Å². The van der Waals surface area contributed by atoms with Crippen molar-refractivity contribution in [3.8, 4) is 11.5 Å². The lowest BCUT2D eigenvalue weighted by atomic mass is 10.0. The number of hydrogen-bond acceptors (Lipinski definition) is 3. The third-order valence-electron chi connectivity index (χ3n) is 2.98. The minimum Gasteiger partial charge on any atom is -0.494 e. The van der Waals surface area contributed by atoms with Crippen LogP contribution in [-0.2, 0) is 0 Å². The van der Waals surface area contributed by atoms with Gasteiger partial charge in [0.15, 0.2) is 5.78 Å². The van der Waals surface area contributed by atoms with Crippen LogP contribution in [0.25, 0.3) is 0 Å². The van der Waals surface area contributed by atoms with Gasteiger partial charge in [-0.15, -0.1) is 0 Å². The summed E-state index contributed by atoms with van der Waals surface area (Å²) < 4.78 is 11.0. The molecule has 21 heavy (non-hydrogen) atoms. The Morgan fingerprint density at radius 1 is 0.905 bits per heavy atom.